The van der Waals surface area contributed by atoms with E-state index in [9.17, 15) is 0 Å². The summed E-state index contributed by atoms with van der Waals surface area (Å²) in [6.07, 6.45) is 3.15. The van der Waals surface area contributed by atoms with E-state index in [2.05, 4.69) is 30.4 Å². The molecule has 0 radical (unpaired) electrons. The van der Waals surface area contributed by atoms with Crippen molar-refractivity contribution in [3.8, 4) is 6.07 Å². The van der Waals surface area contributed by atoms with Gasteiger partial charge in [0, 0.05) is 29.3 Å². The number of hydrogen-bond donors (Lipinski definition) is 1. The summed E-state index contributed by atoms with van der Waals surface area (Å²) in [5.74, 6) is 0. The van der Waals surface area contributed by atoms with Gasteiger partial charge in [-0.15, -0.1) is 11.3 Å². The Hall–Kier alpha value is -0.850. The van der Waals surface area contributed by atoms with E-state index in [1.54, 1.807) is 0 Å². The molecule has 1 aromatic rings. The second-order valence-electron chi connectivity index (χ2n) is 4.45. The van der Waals surface area contributed by atoms with Crippen molar-refractivity contribution in [1.29, 1.82) is 5.26 Å². The van der Waals surface area contributed by atoms with Gasteiger partial charge in [0.2, 0.25) is 0 Å². The average molecular weight is 220 g/mol. The Balaban J connectivity index is 1.74. The minimum atomic E-state index is 0.320. The zero-order valence-corrected chi connectivity index (χ0v) is 9.86. The van der Waals surface area contributed by atoms with Crippen molar-refractivity contribution in [2.45, 2.75) is 32.7 Å². The first-order valence-electron chi connectivity index (χ1n) is 5.37. The summed E-state index contributed by atoms with van der Waals surface area (Å²) in [6, 6.07) is 6.62. The van der Waals surface area contributed by atoms with Gasteiger partial charge in [-0.05, 0) is 37.3 Å². The van der Waals surface area contributed by atoms with Crippen LogP contribution in [0.2, 0.25) is 0 Å². The topological polar surface area (TPSA) is 35.8 Å². The Bertz CT molecular complexity index is 371. The lowest BCUT2D eigenvalue weighted by atomic mass is 10.0. The Morgan fingerprint density at radius 2 is 2.33 bits per heavy atom. The number of nitriles is 1. The van der Waals surface area contributed by atoms with E-state index >= 15 is 0 Å². The van der Waals surface area contributed by atoms with Crippen LogP contribution in [0.15, 0.2) is 12.1 Å². The molecule has 0 bridgehead atoms. The molecule has 0 unspecified atom stereocenters. The van der Waals surface area contributed by atoms with Crippen LogP contribution in [0.1, 0.15) is 29.0 Å². The minimum Gasteiger partial charge on any atom is -0.311 e. The Labute approximate surface area is 94.9 Å². The van der Waals surface area contributed by atoms with Crippen LogP contribution in [0.5, 0.6) is 0 Å². The van der Waals surface area contributed by atoms with Crippen LogP contribution in [-0.4, -0.2) is 6.54 Å². The molecule has 0 aromatic carbocycles. The predicted octanol–water partition coefficient (Wildman–Crippen LogP) is 2.84. The van der Waals surface area contributed by atoms with Crippen molar-refractivity contribution in [3.05, 3.63) is 21.9 Å². The van der Waals surface area contributed by atoms with Gasteiger partial charge in [0.1, 0.15) is 0 Å². The molecular weight excluding hydrogens is 204 g/mol. The number of thiophene rings is 1. The van der Waals surface area contributed by atoms with Crippen molar-refractivity contribution in [3.63, 3.8) is 0 Å². The lowest BCUT2D eigenvalue weighted by molar-refractivity contribution is 0.468. The quantitative estimate of drug-likeness (QED) is 0.828. The van der Waals surface area contributed by atoms with Gasteiger partial charge in [0.25, 0.3) is 0 Å². The highest BCUT2D eigenvalue weighted by molar-refractivity contribution is 7.11. The van der Waals surface area contributed by atoms with Gasteiger partial charge in [-0.25, -0.2) is 0 Å². The third kappa shape index (κ3) is 2.80. The maximum absolute atomic E-state index is 8.69. The van der Waals surface area contributed by atoms with Crippen LogP contribution in [0.3, 0.4) is 0 Å². The van der Waals surface area contributed by atoms with Gasteiger partial charge in [-0.2, -0.15) is 5.26 Å². The fraction of sp³-hybridized carbons (Fsp3) is 0.583. The molecule has 1 heterocycles. The first-order chi connectivity index (χ1) is 7.24. The Morgan fingerprint density at radius 1 is 1.53 bits per heavy atom. The SMILES string of the molecule is Cc1ccc(CNCC2(CC#N)CC2)s1. The zero-order chi connectivity index (χ0) is 10.7. The second-order valence-corrected chi connectivity index (χ2v) is 5.82. The average Bonchev–Trinajstić information content (AvgIpc) is 2.83. The van der Waals surface area contributed by atoms with Crippen molar-refractivity contribution in [2.24, 2.45) is 5.41 Å². The second kappa shape index (κ2) is 4.34. The van der Waals surface area contributed by atoms with Gasteiger partial charge in [-0.3, -0.25) is 0 Å². The largest absolute Gasteiger partial charge is 0.311 e. The summed E-state index contributed by atoms with van der Waals surface area (Å²) in [4.78, 5) is 2.75. The smallest absolute Gasteiger partial charge is 0.0628 e. The molecule has 1 aliphatic carbocycles. The van der Waals surface area contributed by atoms with Crippen LogP contribution in [0, 0.1) is 23.7 Å². The van der Waals surface area contributed by atoms with Crippen LogP contribution in [0.4, 0.5) is 0 Å². The van der Waals surface area contributed by atoms with E-state index in [-0.39, 0.29) is 0 Å². The fourth-order valence-electron chi connectivity index (χ4n) is 1.79. The molecule has 0 spiro atoms. The summed E-state index contributed by atoms with van der Waals surface area (Å²) in [6.45, 7) is 4.08. The van der Waals surface area contributed by atoms with Crippen LogP contribution in [-0.2, 0) is 6.54 Å². The molecule has 2 nitrogen and oxygen atoms in total. The molecule has 80 valence electrons. The van der Waals surface area contributed by atoms with Gasteiger partial charge < -0.3 is 5.32 Å². The van der Waals surface area contributed by atoms with Gasteiger partial charge in [0.05, 0.1) is 6.07 Å². The van der Waals surface area contributed by atoms with E-state index in [0.29, 0.717) is 11.8 Å². The third-order valence-corrected chi connectivity index (χ3v) is 4.01. The molecule has 0 amide bonds. The molecule has 1 aliphatic rings. The van der Waals surface area contributed by atoms with Gasteiger partial charge in [-0.1, -0.05) is 0 Å². The molecule has 1 saturated carbocycles. The molecule has 1 N–H and O–H groups in total. The van der Waals surface area contributed by atoms with E-state index in [1.807, 2.05) is 11.3 Å². The first-order valence-corrected chi connectivity index (χ1v) is 6.19. The van der Waals surface area contributed by atoms with E-state index < -0.39 is 0 Å². The molecule has 15 heavy (non-hydrogen) atoms. The zero-order valence-electron chi connectivity index (χ0n) is 9.05. The molecule has 1 aromatic heterocycles. The minimum absolute atomic E-state index is 0.320. The number of aryl methyl sites for hydroxylation is 1. The predicted molar refractivity (Wildman–Crippen MR) is 62.7 cm³/mol. The summed E-state index contributed by atoms with van der Waals surface area (Å²) >= 11 is 1.84. The standard InChI is InChI=1S/C12H16N2S/c1-10-2-3-11(15-10)8-14-9-12(4-5-12)6-7-13/h2-3,14H,4-6,8-9H2,1H3. The third-order valence-electron chi connectivity index (χ3n) is 3.01. The van der Waals surface area contributed by atoms with E-state index in [4.69, 9.17) is 5.26 Å². The normalized spacial score (nSPS) is 17.3. The van der Waals surface area contributed by atoms with Crippen LogP contribution >= 0.6 is 11.3 Å². The van der Waals surface area contributed by atoms with Gasteiger partial charge in [0.15, 0.2) is 0 Å². The lowest BCUT2D eigenvalue weighted by Gasteiger charge is -2.11. The van der Waals surface area contributed by atoms with Crippen LogP contribution in [0.25, 0.3) is 0 Å². The molecular formula is C12H16N2S. The highest BCUT2D eigenvalue weighted by Gasteiger charge is 2.41. The first kappa shape index (κ1) is 10.7. The Kier molecular flexibility index (Phi) is 3.08. The van der Waals surface area contributed by atoms with E-state index in [0.717, 1.165) is 13.1 Å². The fourth-order valence-corrected chi connectivity index (χ4v) is 2.65. The summed E-state index contributed by atoms with van der Waals surface area (Å²) in [5, 5.41) is 12.1. The molecule has 1 fully saturated rings. The lowest BCUT2D eigenvalue weighted by Crippen LogP contribution is -2.22. The highest BCUT2D eigenvalue weighted by Crippen LogP contribution is 2.47. The maximum atomic E-state index is 8.69. The maximum Gasteiger partial charge on any atom is 0.0628 e. The molecule has 0 aliphatic heterocycles. The highest BCUT2D eigenvalue weighted by atomic mass is 32.1. The van der Waals surface area contributed by atoms with E-state index in [1.165, 1.54) is 22.6 Å². The van der Waals surface area contributed by atoms with Crippen molar-refractivity contribution < 1.29 is 0 Å². The molecule has 0 saturated heterocycles. The Morgan fingerprint density at radius 3 is 2.87 bits per heavy atom. The van der Waals surface area contributed by atoms with Crippen LogP contribution < -0.4 is 5.32 Å². The number of hydrogen-bond acceptors (Lipinski definition) is 3. The van der Waals surface area contributed by atoms with Crippen molar-refractivity contribution >= 4 is 11.3 Å². The molecule has 2 rings (SSSR count). The number of nitrogens with one attached hydrogen (secondary N) is 1. The molecule has 3 heteroatoms. The number of nitrogens with zero attached hydrogens (tertiary/aromatic N) is 1. The van der Waals surface area contributed by atoms with Gasteiger partial charge >= 0.3 is 0 Å². The summed E-state index contributed by atoms with van der Waals surface area (Å²) in [5.41, 5.74) is 0.320. The number of rotatable bonds is 5. The van der Waals surface area contributed by atoms with Crippen molar-refractivity contribution in [1.82, 2.24) is 5.32 Å². The van der Waals surface area contributed by atoms with Crippen molar-refractivity contribution in [2.75, 3.05) is 6.54 Å². The monoisotopic (exact) mass is 220 g/mol. The summed E-state index contributed by atoms with van der Waals surface area (Å²) in [7, 11) is 0. The molecule has 0 atom stereocenters. The summed E-state index contributed by atoms with van der Waals surface area (Å²) < 4.78 is 0.